The SMILES string of the molecule is CCOc1cccc(-c2ccc3nc(-c4cccc([N+](=O)[O-])c4)c(CN4CCN(C(=O)[C@H]5CCC[C@H](OC)C5)CC4)n3c2)c1. The number of piperazine rings is 1. The van der Waals surface area contributed by atoms with E-state index in [9.17, 15) is 14.9 Å². The summed E-state index contributed by atoms with van der Waals surface area (Å²) in [7, 11) is 1.74. The Morgan fingerprint density at radius 2 is 1.80 bits per heavy atom. The predicted octanol–water partition coefficient (Wildman–Crippen LogP) is 5.82. The summed E-state index contributed by atoms with van der Waals surface area (Å²) >= 11 is 0. The van der Waals surface area contributed by atoms with Gasteiger partial charge in [-0.2, -0.15) is 0 Å². The van der Waals surface area contributed by atoms with Crippen LogP contribution in [0.5, 0.6) is 5.75 Å². The van der Waals surface area contributed by atoms with E-state index in [1.54, 1.807) is 19.2 Å². The van der Waals surface area contributed by atoms with Gasteiger partial charge in [0, 0.05) is 69.6 Å². The third kappa shape index (κ3) is 6.32. The maximum atomic E-state index is 13.4. The highest BCUT2D eigenvalue weighted by molar-refractivity contribution is 5.79. The number of fused-ring (bicyclic) bond motifs is 1. The summed E-state index contributed by atoms with van der Waals surface area (Å²) in [6.07, 6.45) is 6.05. The second-order valence-corrected chi connectivity index (χ2v) is 11.6. The van der Waals surface area contributed by atoms with Crippen molar-refractivity contribution in [3.05, 3.63) is 82.7 Å². The number of non-ortho nitro benzene ring substituents is 1. The normalized spacial score (nSPS) is 19.3. The molecule has 0 N–H and O–H groups in total. The van der Waals surface area contributed by atoms with Crippen LogP contribution < -0.4 is 4.74 Å². The van der Waals surface area contributed by atoms with Gasteiger partial charge < -0.3 is 18.8 Å². The van der Waals surface area contributed by atoms with Gasteiger partial charge in [-0.1, -0.05) is 30.7 Å². The molecule has 0 radical (unpaired) electrons. The number of carbonyl (C=O) groups excluding carboxylic acids is 1. The molecule has 6 rings (SSSR count). The van der Waals surface area contributed by atoms with Gasteiger partial charge in [0.2, 0.25) is 5.91 Å². The number of carbonyl (C=O) groups is 1. The first-order valence-corrected chi connectivity index (χ1v) is 15.5. The molecule has 1 saturated carbocycles. The maximum Gasteiger partial charge on any atom is 0.270 e. The molecule has 0 spiro atoms. The van der Waals surface area contributed by atoms with Crippen LogP contribution in [-0.4, -0.2) is 76.0 Å². The highest BCUT2D eigenvalue weighted by Gasteiger charge is 2.32. The van der Waals surface area contributed by atoms with Crippen LogP contribution in [0.15, 0.2) is 66.9 Å². The van der Waals surface area contributed by atoms with Gasteiger partial charge in [0.15, 0.2) is 0 Å². The Labute approximate surface area is 257 Å². The predicted molar refractivity (Wildman–Crippen MR) is 168 cm³/mol. The number of nitro benzene ring substituents is 1. The molecule has 1 aliphatic heterocycles. The van der Waals surface area contributed by atoms with Crippen LogP contribution in [0.2, 0.25) is 0 Å². The van der Waals surface area contributed by atoms with Crippen molar-refractivity contribution < 1.29 is 19.2 Å². The lowest BCUT2D eigenvalue weighted by molar-refractivity contribution is -0.384. The molecule has 10 nitrogen and oxygen atoms in total. The van der Waals surface area contributed by atoms with Gasteiger partial charge in [-0.15, -0.1) is 0 Å². The minimum atomic E-state index is -0.375. The molecule has 44 heavy (non-hydrogen) atoms. The number of hydrogen-bond donors (Lipinski definition) is 0. The number of methoxy groups -OCH3 is 1. The molecule has 2 fully saturated rings. The summed E-state index contributed by atoms with van der Waals surface area (Å²) in [6, 6.07) is 18.7. The average molecular weight is 598 g/mol. The summed E-state index contributed by atoms with van der Waals surface area (Å²) in [5.41, 5.74) is 5.23. The monoisotopic (exact) mass is 597 g/mol. The summed E-state index contributed by atoms with van der Waals surface area (Å²) in [6.45, 7) is 5.98. The second kappa shape index (κ2) is 13.2. The zero-order chi connectivity index (χ0) is 30.6. The van der Waals surface area contributed by atoms with E-state index >= 15 is 0 Å². The van der Waals surface area contributed by atoms with Crippen molar-refractivity contribution in [2.24, 2.45) is 5.92 Å². The summed E-state index contributed by atoms with van der Waals surface area (Å²) in [5, 5.41) is 11.6. The fraction of sp³-hybridized carbons (Fsp3) is 0.412. The molecule has 1 aliphatic carbocycles. The van der Waals surface area contributed by atoms with E-state index < -0.39 is 0 Å². The lowest BCUT2D eigenvalue weighted by Gasteiger charge is -2.38. The average Bonchev–Trinajstić information content (AvgIpc) is 3.42. The first-order valence-electron chi connectivity index (χ1n) is 15.5. The third-order valence-electron chi connectivity index (χ3n) is 8.89. The third-order valence-corrected chi connectivity index (χ3v) is 8.89. The summed E-state index contributed by atoms with van der Waals surface area (Å²) in [4.78, 5) is 33.9. The minimum Gasteiger partial charge on any atom is -0.494 e. The fourth-order valence-corrected chi connectivity index (χ4v) is 6.52. The van der Waals surface area contributed by atoms with E-state index in [2.05, 4.69) is 21.6 Å². The summed E-state index contributed by atoms with van der Waals surface area (Å²) < 4.78 is 13.4. The highest BCUT2D eigenvalue weighted by Crippen LogP contribution is 2.32. The molecule has 2 atom stereocenters. The molecular formula is C34H39N5O5. The largest absolute Gasteiger partial charge is 0.494 e. The van der Waals surface area contributed by atoms with Crippen LogP contribution in [0.25, 0.3) is 28.0 Å². The molecule has 0 unspecified atom stereocenters. The number of amides is 1. The van der Waals surface area contributed by atoms with Crippen molar-refractivity contribution in [3.8, 4) is 28.1 Å². The molecule has 3 heterocycles. The molecule has 1 amide bonds. The van der Waals surface area contributed by atoms with Crippen molar-refractivity contribution in [1.29, 1.82) is 0 Å². The van der Waals surface area contributed by atoms with Crippen LogP contribution in [-0.2, 0) is 16.1 Å². The van der Waals surface area contributed by atoms with E-state index in [1.807, 2.05) is 48.2 Å². The maximum absolute atomic E-state index is 13.4. The van der Waals surface area contributed by atoms with Crippen LogP contribution in [0, 0.1) is 16.0 Å². The van der Waals surface area contributed by atoms with Crippen molar-refractivity contribution in [1.82, 2.24) is 19.2 Å². The molecule has 2 aromatic carbocycles. The summed E-state index contributed by atoms with van der Waals surface area (Å²) in [5.74, 6) is 1.10. The number of nitrogens with zero attached hydrogens (tertiary/aromatic N) is 5. The Balaban J connectivity index is 1.29. The molecular weight excluding hydrogens is 558 g/mol. The van der Waals surface area contributed by atoms with E-state index in [1.165, 1.54) is 6.07 Å². The van der Waals surface area contributed by atoms with Gasteiger partial charge in [-0.3, -0.25) is 19.8 Å². The Kier molecular flexibility index (Phi) is 8.90. The van der Waals surface area contributed by atoms with Gasteiger partial charge in [0.05, 0.1) is 29.0 Å². The molecule has 2 aromatic heterocycles. The number of nitro groups is 1. The number of imidazole rings is 1. The van der Waals surface area contributed by atoms with Crippen molar-refractivity contribution >= 4 is 17.2 Å². The molecule has 10 heteroatoms. The number of rotatable bonds is 9. The van der Waals surface area contributed by atoms with Gasteiger partial charge >= 0.3 is 0 Å². The topological polar surface area (TPSA) is 102 Å². The molecule has 4 aromatic rings. The first-order chi connectivity index (χ1) is 21.4. The lowest BCUT2D eigenvalue weighted by Crippen LogP contribution is -2.50. The van der Waals surface area contributed by atoms with E-state index in [4.69, 9.17) is 14.5 Å². The van der Waals surface area contributed by atoms with Crippen LogP contribution in [0.1, 0.15) is 38.3 Å². The number of benzene rings is 2. The molecule has 2 aliphatic rings. The Bertz CT molecular complexity index is 1640. The Hall–Kier alpha value is -4.28. The molecule has 230 valence electrons. The highest BCUT2D eigenvalue weighted by atomic mass is 16.6. The quantitative estimate of drug-likeness (QED) is 0.177. The molecule has 1 saturated heterocycles. The van der Waals surface area contributed by atoms with Crippen molar-refractivity contribution in [2.45, 2.75) is 45.3 Å². The molecule has 0 bridgehead atoms. The van der Waals surface area contributed by atoms with Crippen molar-refractivity contribution in [3.63, 3.8) is 0 Å². The lowest BCUT2D eigenvalue weighted by atomic mass is 9.86. The van der Waals surface area contributed by atoms with Gasteiger partial charge in [0.25, 0.3) is 5.69 Å². The Morgan fingerprint density at radius 1 is 1.00 bits per heavy atom. The van der Waals surface area contributed by atoms with Crippen molar-refractivity contribution in [2.75, 3.05) is 39.9 Å². The fourth-order valence-electron chi connectivity index (χ4n) is 6.52. The Morgan fingerprint density at radius 3 is 2.57 bits per heavy atom. The van der Waals surface area contributed by atoms with Gasteiger partial charge in [-0.05, 0) is 61.6 Å². The smallest absolute Gasteiger partial charge is 0.270 e. The van der Waals surface area contributed by atoms with Crippen LogP contribution >= 0.6 is 0 Å². The standard InChI is InChI=1S/C34H39N5O5/c1-3-44-30-12-5-7-24(20-30)27-13-14-32-35-33(25-8-4-10-28(19-25)39(41)42)31(38(32)22-27)23-36-15-17-37(18-16-36)34(40)26-9-6-11-29(21-26)43-2/h4-5,7-8,10,12-14,19-20,22,26,29H,3,6,9,11,15-18,21,23H2,1-2H3/t26-,29-/m0/s1. The minimum absolute atomic E-state index is 0.0319. The van der Waals surface area contributed by atoms with E-state index in [-0.39, 0.29) is 28.5 Å². The van der Waals surface area contributed by atoms with E-state index in [0.29, 0.717) is 31.8 Å². The zero-order valence-electron chi connectivity index (χ0n) is 25.4. The van der Waals surface area contributed by atoms with Gasteiger partial charge in [0.1, 0.15) is 11.4 Å². The van der Waals surface area contributed by atoms with E-state index in [0.717, 1.165) is 72.7 Å². The van der Waals surface area contributed by atoms with Gasteiger partial charge in [-0.25, -0.2) is 4.98 Å². The second-order valence-electron chi connectivity index (χ2n) is 11.6. The first kappa shape index (κ1) is 29.8. The van der Waals surface area contributed by atoms with Crippen LogP contribution in [0.3, 0.4) is 0 Å². The number of pyridine rings is 1. The number of aromatic nitrogens is 2. The zero-order valence-corrected chi connectivity index (χ0v) is 25.4. The van der Waals surface area contributed by atoms with Crippen LogP contribution in [0.4, 0.5) is 5.69 Å². The number of hydrogen-bond acceptors (Lipinski definition) is 7. The number of ether oxygens (including phenoxy) is 2.